The van der Waals surface area contributed by atoms with E-state index < -0.39 is 5.91 Å². The van der Waals surface area contributed by atoms with Crippen LogP contribution in [0, 0.1) is 11.8 Å². The summed E-state index contributed by atoms with van der Waals surface area (Å²) < 4.78 is 0. The normalized spacial score (nSPS) is 29.4. The lowest BCUT2D eigenvalue weighted by molar-refractivity contribution is 0.100. The van der Waals surface area contributed by atoms with E-state index in [4.69, 9.17) is 11.5 Å². The predicted molar refractivity (Wildman–Crippen MR) is 70.0 cm³/mol. The van der Waals surface area contributed by atoms with Gasteiger partial charge in [-0.3, -0.25) is 4.79 Å². The van der Waals surface area contributed by atoms with Gasteiger partial charge >= 0.3 is 0 Å². The van der Waals surface area contributed by atoms with Crippen molar-refractivity contribution >= 4 is 17.4 Å². The van der Waals surface area contributed by atoms with Crippen LogP contribution in [0.4, 0.5) is 11.5 Å². The molecule has 0 saturated heterocycles. The fraction of sp³-hybridized carbons (Fsp3) is 0.538. The molecule has 0 aliphatic heterocycles. The summed E-state index contributed by atoms with van der Waals surface area (Å²) in [6.45, 7) is 0. The largest absolute Gasteiger partial charge is 0.397 e. The SMILES string of the molecule is NC(=O)c1cc(N)cnc1NC1CC2CCC1C2. The molecular weight excluding hydrogens is 228 g/mol. The summed E-state index contributed by atoms with van der Waals surface area (Å²) >= 11 is 0. The van der Waals surface area contributed by atoms with Gasteiger partial charge in [0.2, 0.25) is 0 Å². The van der Waals surface area contributed by atoms with E-state index in [2.05, 4.69) is 10.3 Å². The molecule has 2 saturated carbocycles. The number of nitrogens with two attached hydrogens (primary N) is 2. The fourth-order valence-electron chi connectivity index (χ4n) is 3.38. The number of carbonyl (C=O) groups excluding carboxylic acids is 1. The minimum atomic E-state index is -0.486. The van der Waals surface area contributed by atoms with Gasteiger partial charge in [0.1, 0.15) is 5.82 Å². The average Bonchev–Trinajstić information content (AvgIpc) is 2.93. The van der Waals surface area contributed by atoms with E-state index in [1.807, 2.05) is 0 Å². The quantitative estimate of drug-likeness (QED) is 0.750. The number of hydrogen-bond acceptors (Lipinski definition) is 4. The second-order valence-electron chi connectivity index (χ2n) is 5.45. The lowest BCUT2D eigenvalue weighted by atomic mass is 9.95. The van der Waals surface area contributed by atoms with Crippen molar-refractivity contribution in [1.82, 2.24) is 4.98 Å². The molecule has 5 N–H and O–H groups in total. The Labute approximate surface area is 106 Å². The molecule has 18 heavy (non-hydrogen) atoms. The molecule has 1 amide bonds. The molecule has 0 aromatic carbocycles. The first-order valence-corrected chi connectivity index (χ1v) is 6.45. The second-order valence-corrected chi connectivity index (χ2v) is 5.45. The Kier molecular flexibility index (Phi) is 2.61. The van der Waals surface area contributed by atoms with E-state index in [-0.39, 0.29) is 0 Å². The van der Waals surface area contributed by atoms with Crippen LogP contribution in [0.1, 0.15) is 36.0 Å². The number of nitrogen functional groups attached to an aromatic ring is 1. The number of amides is 1. The molecule has 1 aromatic rings. The number of nitrogens with zero attached hydrogens (tertiary/aromatic N) is 1. The molecule has 5 heteroatoms. The van der Waals surface area contributed by atoms with Crippen molar-refractivity contribution in [2.24, 2.45) is 17.6 Å². The van der Waals surface area contributed by atoms with Crippen molar-refractivity contribution in [1.29, 1.82) is 0 Å². The molecule has 2 bridgehead atoms. The average molecular weight is 246 g/mol. The van der Waals surface area contributed by atoms with Crippen molar-refractivity contribution in [3.63, 3.8) is 0 Å². The third-order valence-electron chi connectivity index (χ3n) is 4.23. The first kappa shape index (κ1) is 11.3. The molecule has 3 atom stereocenters. The third kappa shape index (κ3) is 1.89. The zero-order chi connectivity index (χ0) is 12.7. The number of rotatable bonds is 3. The Balaban J connectivity index is 1.82. The van der Waals surface area contributed by atoms with E-state index in [0.717, 1.165) is 11.8 Å². The first-order valence-electron chi connectivity index (χ1n) is 6.45. The van der Waals surface area contributed by atoms with Crippen molar-refractivity contribution < 1.29 is 4.79 Å². The Morgan fingerprint density at radius 1 is 1.39 bits per heavy atom. The van der Waals surface area contributed by atoms with E-state index >= 15 is 0 Å². The molecule has 3 rings (SSSR count). The van der Waals surface area contributed by atoms with Crippen molar-refractivity contribution in [2.75, 3.05) is 11.1 Å². The van der Waals surface area contributed by atoms with Gasteiger partial charge < -0.3 is 16.8 Å². The third-order valence-corrected chi connectivity index (χ3v) is 4.23. The van der Waals surface area contributed by atoms with Crippen LogP contribution in [0.15, 0.2) is 12.3 Å². The Bertz CT molecular complexity index is 488. The minimum absolute atomic E-state index is 0.387. The van der Waals surface area contributed by atoms with Gasteiger partial charge in [0.25, 0.3) is 5.91 Å². The molecule has 2 aliphatic carbocycles. The predicted octanol–water partition coefficient (Wildman–Crippen LogP) is 1.36. The van der Waals surface area contributed by atoms with E-state index in [1.165, 1.54) is 25.7 Å². The lowest BCUT2D eigenvalue weighted by Crippen LogP contribution is -2.28. The number of nitrogens with one attached hydrogen (secondary N) is 1. The summed E-state index contributed by atoms with van der Waals surface area (Å²) in [6.07, 6.45) is 6.67. The highest BCUT2D eigenvalue weighted by molar-refractivity contribution is 5.98. The molecule has 1 heterocycles. The van der Waals surface area contributed by atoms with Crippen molar-refractivity contribution in [3.05, 3.63) is 17.8 Å². The lowest BCUT2D eigenvalue weighted by Gasteiger charge is -2.24. The Morgan fingerprint density at radius 2 is 2.22 bits per heavy atom. The summed E-state index contributed by atoms with van der Waals surface area (Å²) in [6, 6.07) is 2.02. The summed E-state index contributed by atoms with van der Waals surface area (Å²) in [4.78, 5) is 15.6. The second kappa shape index (κ2) is 4.15. The van der Waals surface area contributed by atoms with Gasteiger partial charge in [0.05, 0.1) is 17.4 Å². The van der Waals surface area contributed by atoms with Crippen molar-refractivity contribution in [2.45, 2.75) is 31.7 Å². The monoisotopic (exact) mass is 246 g/mol. The molecule has 96 valence electrons. The van der Waals surface area contributed by atoms with Crippen LogP contribution in [-0.4, -0.2) is 16.9 Å². The van der Waals surface area contributed by atoms with Crippen LogP contribution >= 0.6 is 0 Å². The molecular formula is C13H18N4O. The number of carbonyl (C=O) groups is 1. The van der Waals surface area contributed by atoms with E-state index in [1.54, 1.807) is 12.3 Å². The van der Waals surface area contributed by atoms with Gasteiger partial charge in [-0.15, -0.1) is 0 Å². The first-order chi connectivity index (χ1) is 8.63. The van der Waals surface area contributed by atoms with Crippen LogP contribution < -0.4 is 16.8 Å². The summed E-state index contributed by atoms with van der Waals surface area (Å²) in [5.41, 5.74) is 11.8. The fourth-order valence-corrected chi connectivity index (χ4v) is 3.38. The van der Waals surface area contributed by atoms with Gasteiger partial charge in [0.15, 0.2) is 0 Å². The van der Waals surface area contributed by atoms with Crippen LogP contribution in [-0.2, 0) is 0 Å². The molecule has 2 aliphatic rings. The van der Waals surface area contributed by atoms with Crippen molar-refractivity contribution in [3.8, 4) is 0 Å². The Morgan fingerprint density at radius 3 is 2.83 bits per heavy atom. The summed E-state index contributed by atoms with van der Waals surface area (Å²) in [5.74, 6) is 1.66. The molecule has 3 unspecified atom stereocenters. The summed E-state index contributed by atoms with van der Waals surface area (Å²) in [7, 11) is 0. The number of primary amides is 1. The molecule has 0 radical (unpaired) electrons. The number of pyridine rings is 1. The van der Waals surface area contributed by atoms with Gasteiger partial charge in [-0.1, -0.05) is 6.42 Å². The highest BCUT2D eigenvalue weighted by atomic mass is 16.1. The van der Waals surface area contributed by atoms with Gasteiger partial charge in [0, 0.05) is 6.04 Å². The Hall–Kier alpha value is -1.78. The standard InChI is InChI=1S/C13H18N4O/c14-9-5-10(12(15)18)13(16-6-9)17-11-4-7-1-2-8(11)3-7/h5-8,11H,1-4,14H2,(H2,15,18)(H,16,17). The maximum atomic E-state index is 11.4. The molecule has 5 nitrogen and oxygen atoms in total. The number of fused-ring (bicyclic) bond motifs is 2. The molecule has 2 fully saturated rings. The maximum absolute atomic E-state index is 11.4. The maximum Gasteiger partial charge on any atom is 0.252 e. The highest BCUT2D eigenvalue weighted by Crippen LogP contribution is 2.45. The van der Waals surface area contributed by atoms with Crippen LogP contribution in [0.25, 0.3) is 0 Å². The van der Waals surface area contributed by atoms with Crippen LogP contribution in [0.5, 0.6) is 0 Å². The van der Waals surface area contributed by atoms with Gasteiger partial charge in [-0.05, 0) is 37.2 Å². The zero-order valence-corrected chi connectivity index (χ0v) is 10.2. The number of hydrogen-bond donors (Lipinski definition) is 3. The van der Waals surface area contributed by atoms with Gasteiger partial charge in [-0.2, -0.15) is 0 Å². The zero-order valence-electron chi connectivity index (χ0n) is 10.2. The van der Waals surface area contributed by atoms with Crippen LogP contribution in [0.3, 0.4) is 0 Å². The van der Waals surface area contributed by atoms with E-state index in [9.17, 15) is 4.79 Å². The topological polar surface area (TPSA) is 94.0 Å². The minimum Gasteiger partial charge on any atom is -0.397 e. The summed E-state index contributed by atoms with van der Waals surface area (Å²) in [5, 5.41) is 3.38. The highest BCUT2D eigenvalue weighted by Gasteiger charge is 2.39. The molecule has 1 aromatic heterocycles. The molecule has 0 spiro atoms. The smallest absolute Gasteiger partial charge is 0.252 e. The van der Waals surface area contributed by atoms with E-state index in [0.29, 0.717) is 23.1 Å². The number of aromatic nitrogens is 1. The van der Waals surface area contributed by atoms with Crippen LogP contribution in [0.2, 0.25) is 0 Å². The van der Waals surface area contributed by atoms with Gasteiger partial charge in [-0.25, -0.2) is 4.98 Å². The number of anilines is 2.